The van der Waals surface area contributed by atoms with Crippen LogP contribution < -0.4 is 4.74 Å². The van der Waals surface area contributed by atoms with Crippen molar-refractivity contribution < 1.29 is 18.7 Å². The standard InChI is InChI=1S/C18H17ClFNO3/c1-3-23-18(22)15-7-6-12-13(9-16(19)21-17(12)24-15)11-5-4-10(2)8-14(11)20/h4-5,8-9,15H,3,6-7H2,1-2H3. The minimum absolute atomic E-state index is 0.188. The van der Waals surface area contributed by atoms with E-state index >= 15 is 0 Å². The molecule has 0 spiro atoms. The fourth-order valence-electron chi connectivity index (χ4n) is 2.81. The van der Waals surface area contributed by atoms with Crippen LogP contribution in [-0.4, -0.2) is 23.7 Å². The van der Waals surface area contributed by atoms with Gasteiger partial charge >= 0.3 is 5.97 Å². The Balaban J connectivity index is 2.01. The number of aromatic nitrogens is 1. The van der Waals surface area contributed by atoms with Gasteiger partial charge in [0, 0.05) is 11.1 Å². The van der Waals surface area contributed by atoms with Gasteiger partial charge in [-0.1, -0.05) is 23.7 Å². The fourth-order valence-corrected chi connectivity index (χ4v) is 2.99. The van der Waals surface area contributed by atoms with Gasteiger partial charge in [0.1, 0.15) is 11.0 Å². The second-order valence-corrected chi connectivity index (χ2v) is 6.04. The maximum atomic E-state index is 14.4. The number of hydrogen-bond acceptors (Lipinski definition) is 4. The van der Waals surface area contributed by atoms with Crippen LogP contribution in [0, 0.1) is 12.7 Å². The quantitative estimate of drug-likeness (QED) is 0.618. The topological polar surface area (TPSA) is 48.4 Å². The Hall–Kier alpha value is -2.14. The molecule has 0 N–H and O–H groups in total. The third-order valence-corrected chi connectivity index (χ3v) is 4.12. The zero-order valence-electron chi connectivity index (χ0n) is 13.4. The molecule has 1 aromatic heterocycles. The lowest BCUT2D eigenvalue weighted by Crippen LogP contribution is -2.33. The summed E-state index contributed by atoms with van der Waals surface area (Å²) in [6.45, 7) is 3.85. The summed E-state index contributed by atoms with van der Waals surface area (Å²) in [4.78, 5) is 16.0. The number of ether oxygens (including phenoxy) is 2. The molecule has 0 fully saturated rings. The molecule has 0 amide bonds. The zero-order chi connectivity index (χ0) is 17.3. The number of aryl methyl sites for hydroxylation is 1. The number of benzene rings is 1. The van der Waals surface area contributed by atoms with Crippen molar-refractivity contribution in [2.24, 2.45) is 0 Å². The van der Waals surface area contributed by atoms with E-state index in [2.05, 4.69) is 4.98 Å². The predicted molar refractivity (Wildman–Crippen MR) is 88.7 cm³/mol. The van der Waals surface area contributed by atoms with E-state index in [9.17, 15) is 9.18 Å². The van der Waals surface area contributed by atoms with Crippen LogP contribution in [0.3, 0.4) is 0 Å². The molecule has 126 valence electrons. The second kappa shape index (κ2) is 6.77. The molecular weight excluding hydrogens is 333 g/mol. The van der Waals surface area contributed by atoms with Crippen molar-refractivity contribution in [1.29, 1.82) is 0 Å². The molecule has 24 heavy (non-hydrogen) atoms. The fraction of sp³-hybridized carbons (Fsp3) is 0.333. The summed E-state index contributed by atoms with van der Waals surface area (Å²) < 4.78 is 25.0. The molecule has 0 aliphatic carbocycles. The maximum Gasteiger partial charge on any atom is 0.347 e. The number of pyridine rings is 1. The van der Waals surface area contributed by atoms with Gasteiger partial charge in [-0.25, -0.2) is 14.2 Å². The number of hydrogen-bond donors (Lipinski definition) is 0. The van der Waals surface area contributed by atoms with Crippen LogP contribution in [0.4, 0.5) is 4.39 Å². The minimum Gasteiger partial charge on any atom is -0.463 e. The van der Waals surface area contributed by atoms with Crippen LogP contribution in [0.25, 0.3) is 11.1 Å². The van der Waals surface area contributed by atoms with Crippen LogP contribution in [0.1, 0.15) is 24.5 Å². The summed E-state index contributed by atoms with van der Waals surface area (Å²) in [5, 5.41) is 0.188. The second-order valence-electron chi connectivity index (χ2n) is 5.66. The molecule has 2 heterocycles. The molecule has 0 saturated heterocycles. The normalized spacial score (nSPS) is 16.2. The Morgan fingerprint density at radius 1 is 1.42 bits per heavy atom. The molecule has 1 aliphatic heterocycles. The van der Waals surface area contributed by atoms with Crippen molar-refractivity contribution in [3.63, 3.8) is 0 Å². The first kappa shape index (κ1) is 16.7. The average molecular weight is 350 g/mol. The van der Waals surface area contributed by atoms with E-state index in [0.29, 0.717) is 24.0 Å². The Kier molecular flexibility index (Phi) is 4.71. The van der Waals surface area contributed by atoms with E-state index in [-0.39, 0.29) is 23.5 Å². The number of esters is 1. The summed E-state index contributed by atoms with van der Waals surface area (Å²) in [7, 11) is 0. The third kappa shape index (κ3) is 3.22. The van der Waals surface area contributed by atoms with E-state index in [1.807, 2.05) is 13.0 Å². The van der Waals surface area contributed by atoms with Crippen molar-refractivity contribution >= 4 is 17.6 Å². The van der Waals surface area contributed by atoms with Crippen molar-refractivity contribution in [3.8, 4) is 17.0 Å². The lowest BCUT2D eigenvalue weighted by molar-refractivity contribution is -0.152. The van der Waals surface area contributed by atoms with Crippen LogP contribution >= 0.6 is 11.6 Å². The molecule has 6 heteroatoms. The Morgan fingerprint density at radius 3 is 2.92 bits per heavy atom. The Morgan fingerprint density at radius 2 is 2.21 bits per heavy atom. The SMILES string of the molecule is CCOC(=O)C1CCc2c(-c3ccc(C)cc3F)cc(Cl)nc2O1. The summed E-state index contributed by atoms with van der Waals surface area (Å²) in [6.07, 6.45) is 0.278. The van der Waals surface area contributed by atoms with Gasteiger partial charge in [0.25, 0.3) is 0 Å². The smallest absolute Gasteiger partial charge is 0.347 e. The van der Waals surface area contributed by atoms with Gasteiger partial charge in [-0.3, -0.25) is 0 Å². The third-order valence-electron chi connectivity index (χ3n) is 3.93. The number of carbonyl (C=O) groups is 1. The van der Waals surface area contributed by atoms with Gasteiger partial charge in [-0.15, -0.1) is 0 Å². The van der Waals surface area contributed by atoms with E-state index in [1.54, 1.807) is 19.1 Å². The first-order valence-electron chi connectivity index (χ1n) is 7.78. The first-order chi connectivity index (χ1) is 11.5. The monoisotopic (exact) mass is 349 g/mol. The van der Waals surface area contributed by atoms with Crippen molar-refractivity contribution in [2.45, 2.75) is 32.8 Å². The minimum atomic E-state index is -0.709. The van der Waals surface area contributed by atoms with Crippen molar-refractivity contribution in [3.05, 3.63) is 46.4 Å². The lowest BCUT2D eigenvalue weighted by Gasteiger charge is -2.25. The number of fused-ring (bicyclic) bond motifs is 1. The van der Waals surface area contributed by atoms with Gasteiger partial charge in [-0.2, -0.15) is 0 Å². The highest BCUT2D eigenvalue weighted by Crippen LogP contribution is 2.37. The summed E-state index contributed by atoms with van der Waals surface area (Å²) in [5.41, 5.74) is 2.68. The van der Waals surface area contributed by atoms with Gasteiger partial charge in [-0.05, 0) is 49.9 Å². The number of nitrogens with zero attached hydrogens (tertiary/aromatic N) is 1. The molecule has 2 aromatic rings. The van der Waals surface area contributed by atoms with Crippen LogP contribution in [0.5, 0.6) is 5.88 Å². The van der Waals surface area contributed by atoms with Crippen LogP contribution in [0.2, 0.25) is 5.15 Å². The molecule has 1 aromatic carbocycles. The van der Waals surface area contributed by atoms with Crippen molar-refractivity contribution in [1.82, 2.24) is 4.98 Å². The lowest BCUT2D eigenvalue weighted by atomic mass is 9.94. The number of rotatable bonds is 3. The molecule has 4 nitrogen and oxygen atoms in total. The van der Waals surface area contributed by atoms with Gasteiger partial charge in [0.15, 0.2) is 6.10 Å². The molecule has 0 bridgehead atoms. The van der Waals surface area contributed by atoms with Gasteiger partial charge in [0.05, 0.1) is 6.61 Å². The maximum absolute atomic E-state index is 14.4. The summed E-state index contributed by atoms with van der Waals surface area (Å²) in [6, 6.07) is 6.65. The van der Waals surface area contributed by atoms with E-state index < -0.39 is 12.1 Å². The highest BCUT2D eigenvalue weighted by molar-refractivity contribution is 6.29. The van der Waals surface area contributed by atoms with E-state index in [1.165, 1.54) is 6.07 Å². The summed E-state index contributed by atoms with van der Waals surface area (Å²) >= 11 is 6.07. The molecule has 0 saturated carbocycles. The van der Waals surface area contributed by atoms with Gasteiger partial charge in [0.2, 0.25) is 5.88 Å². The number of halogens is 2. The van der Waals surface area contributed by atoms with Crippen molar-refractivity contribution in [2.75, 3.05) is 6.61 Å². The van der Waals surface area contributed by atoms with E-state index in [0.717, 1.165) is 11.1 Å². The molecule has 0 radical (unpaired) electrons. The Bertz CT molecular complexity index is 794. The molecule has 3 rings (SSSR count). The first-order valence-corrected chi connectivity index (χ1v) is 8.16. The highest BCUT2D eigenvalue weighted by atomic mass is 35.5. The average Bonchev–Trinajstić information content (AvgIpc) is 2.54. The number of carbonyl (C=O) groups excluding carboxylic acids is 1. The molecule has 1 aliphatic rings. The van der Waals surface area contributed by atoms with Crippen LogP contribution in [0.15, 0.2) is 24.3 Å². The largest absolute Gasteiger partial charge is 0.463 e. The molecule has 1 atom stereocenters. The Labute approximate surface area is 144 Å². The van der Waals surface area contributed by atoms with Crippen LogP contribution in [-0.2, 0) is 16.0 Å². The van der Waals surface area contributed by atoms with E-state index in [4.69, 9.17) is 21.1 Å². The van der Waals surface area contributed by atoms with Gasteiger partial charge < -0.3 is 9.47 Å². The molecule has 1 unspecified atom stereocenters. The predicted octanol–water partition coefficient (Wildman–Crippen LogP) is 4.11. The molecular formula is C18H17ClFNO3. The summed E-state index contributed by atoms with van der Waals surface area (Å²) in [5.74, 6) is -0.484. The highest BCUT2D eigenvalue weighted by Gasteiger charge is 2.30. The zero-order valence-corrected chi connectivity index (χ0v) is 14.2.